The third kappa shape index (κ3) is 3.81. The van der Waals surface area contributed by atoms with Crippen LogP contribution in [0.4, 0.5) is 0 Å². The Kier molecular flexibility index (Phi) is 5.54. The van der Waals surface area contributed by atoms with Gasteiger partial charge in [0.2, 0.25) is 0 Å². The smallest absolute Gasteiger partial charge is 0.330 e. The molecule has 0 aromatic carbocycles. The van der Waals surface area contributed by atoms with Gasteiger partial charge in [-0.25, -0.2) is 4.79 Å². The Morgan fingerprint density at radius 1 is 1.47 bits per heavy atom. The lowest BCUT2D eigenvalue weighted by Gasteiger charge is -2.14. The minimum Gasteiger partial charge on any atom is -0.467 e. The molecule has 0 aliphatic heterocycles. The molecule has 0 radical (unpaired) electrons. The minimum atomic E-state index is -0.464. The standard InChI is InChI=1S/C13H21N3O3/c1-5-6-7-11(13(18)19-4)16-9-8-10(14-16)12(17)15(2)3/h8-9,11H,5-7H2,1-4H3. The van der Waals surface area contributed by atoms with Gasteiger partial charge in [-0.3, -0.25) is 9.48 Å². The topological polar surface area (TPSA) is 64.4 Å². The van der Waals surface area contributed by atoms with Crippen LogP contribution >= 0.6 is 0 Å². The van der Waals surface area contributed by atoms with E-state index < -0.39 is 6.04 Å². The maximum Gasteiger partial charge on any atom is 0.330 e. The quantitative estimate of drug-likeness (QED) is 0.732. The fourth-order valence-corrected chi connectivity index (χ4v) is 1.75. The monoisotopic (exact) mass is 267 g/mol. The normalized spacial score (nSPS) is 12.0. The zero-order valence-electron chi connectivity index (χ0n) is 11.9. The number of esters is 1. The van der Waals surface area contributed by atoms with Crippen LogP contribution in [-0.4, -0.2) is 47.8 Å². The van der Waals surface area contributed by atoms with Crippen LogP contribution in [0.3, 0.4) is 0 Å². The molecule has 1 aromatic rings. The van der Waals surface area contributed by atoms with Gasteiger partial charge >= 0.3 is 5.97 Å². The molecule has 0 N–H and O–H groups in total. The first-order valence-corrected chi connectivity index (χ1v) is 6.35. The summed E-state index contributed by atoms with van der Waals surface area (Å²) in [4.78, 5) is 25.0. The van der Waals surface area contributed by atoms with Crippen molar-refractivity contribution in [3.05, 3.63) is 18.0 Å². The molecule has 1 heterocycles. The predicted octanol–water partition coefficient (Wildman–Crippen LogP) is 1.49. The maximum absolute atomic E-state index is 11.8. The Hall–Kier alpha value is -1.85. The van der Waals surface area contributed by atoms with E-state index in [-0.39, 0.29) is 11.9 Å². The summed E-state index contributed by atoms with van der Waals surface area (Å²) in [5.41, 5.74) is 0.329. The van der Waals surface area contributed by atoms with E-state index in [1.165, 1.54) is 16.7 Å². The second-order valence-corrected chi connectivity index (χ2v) is 4.56. The van der Waals surface area contributed by atoms with Crippen LogP contribution in [0.1, 0.15) is 42.7 Å². The van der Waals surface area contributed by atoms with Crippen molar-refractivity contribution >= 4 is 11.9 Å². The molecule has 0 saturated carbocycles. The van der Waals surface area contributed by atoms with Gasteiger partial charge in [0.05, 0.1) is 7.11 Å². The number of hydrogen-bond donors (Lipinski definition) is 0. The van der Waals surface area contributed by atoms with Crippen LogP contribution in [0, 0.1) is 0 Å². The van der Waals surface area contributed by atoms with Crippen molar-refractivity contribution in [1.82, 2.24) is 14.7 Å². The molecule has 1 aromatic heterocycles. The largest absolute Gasteiger partial charge is 0.467 e. The summed E-state index contributed by atoms with van der Waals surface area (Å²) in [6, 6.07) is 1.15. The fourth-order valence-electron chi connectivity index (χ4n) is 1.75. The van der Waals surface area contributed by atoms with Crippen LogP contribution in [0.25, 0.3) is 0 Å². The maximum atomic E-state index is 11.8. The number of methoxy groups -OCH3 is 1. The molecular weight excluding hydrogens is 246 g/mol. The van der Waals surface area contributed by atoms with E-state index in [2.05, 4.69) is 12.0 Å². The van der Waals surface area contributed by atoms with Gasteiger partial charge in [0.1, 0.15) is 11.7 Å². The van der Waals surface area contributed by atoms with E-state index in [9.17, 15) is 9.59 Å². The molecule has 0 bridgehead atoms. The van der Waals surface area contributed by atoms with E-state index in [1.54, 1.807) is 26.4 Å². The molecule has 0 spiro atoms. The van der Waals surface area contributed by atoms with Gasteiger partial charge in [-0.2, -0.15) is 5.10 Å². The average Bonchev–Trinajstić information content (AvgIpc) is 2.87. The Labute approximate surface area is 113 Å². The van der Waals surface area contributed by atoms with Crippen LogP contribution in [0.5, 0.6) is 0 Å². The highest BCUT2D eigenvalue weighted by Crippen LogP contribution is 2.16. The summed E-state index contributed by atoms with van der Waals surface area (Å²) >= 11 is 0. The highest BCUT2D eigenvalue weighted by molar-refractivity contribution is 5.91. The molecule has 0 aliphatic carbocycles. The highest BCUT2D eigenvalue weighted by atomic mass is 16.5. The molecule has 1 rings (SSSR count). The Bertz CT molecular complexity index is 440. The molecule has 1 amide bonds. The van der Waals surface area contributed by atoms with Crippen molar-refractivity contribution in [1.29, 1.82) is 0 Å². The van der Waals surface area contributed by atoms with Gasteiger partial charge in [-0.1, -0.05) is 19.8 Å². The number of carbonyl (C=O) groups excluding carboxylic acids is 2. The van der Waals surface area contributed by atoms with Gasteiger partial charge in [0.25, 0.3) is 5.91 Å². The van der Waals surface area contributed by atoms with Crippen molar-refractivity contribution in [3.63, 3.8) is 0 Å². The lowest BCUT2D eigenvalue weighted by Crippen LogP contribution is -2.24. The van der Waals surface area contributed by atoms with Crippen LogP contribution in [0.15, 0.2) is 12.3 Å². The lowest BCUT2D eigenvalue weighted by atomic mass is 10.1. The predicted molar refractivity (Wildman–Crippen MR) is 70.8 cm³/mol. The summed E-state index contributed by atoms with van der Waals surface area (Å²) in [6.07, 6.45) is 4.18. The average molecular weight is 267 g/mol. The van der Waals surface area contributed by atoms with Crippen molar-refractivity contribution in [2.24, 2.45) is 0 Å². The van der Waals surface area contributed by atoms with Crippen LogP contribution in [-0.2, 0) is 9.53 Å². The Balaban J connectivity index is 2.91. The molecular formula is C13H21N3O3. The molecule has 0 saturated heterocycles. The van der Waals surface area contributed by atoms with Crippen molar-refractivity contribution in [2.75, 3.05) is 21.2 Å². The highest BCUT2D eigenvalue weighted by Gasteiger charge is 2.23. The molecule has 0 aliphatic rings. The number of aromatic nitrogens is 2. The van der Waals surface area contributed by atoms with Gasteiger partial charge < -0.3 is 9.64 Å². The number of rotatable bonds is 6. The van der Waals surface area contributed by atoms with Gasteiger partial charge in [-0.15, -0.1) is 0 Å². The molecule has 1 atom stereocenters. The third-order valence-corrected chi connectivity index (χ3v) is 2.86. The summed E-state index contributed by atoms with van der Waals surface area (Å²) in [5, 5.41) is 4.18. The second-order valence-electron chi connectivity index (χ2n) is 4.56. The SMILES string of the molecule is CCCCC(C(=O)OC)n1ccc(C(=O)N(C)C)n1. The second kappa shape index (κ2) is 6.92. The van der Waals surface area contributed by atoms with Crippen molar-refractivity contribution in [2.45, 2.75) is 32.2 Å². The van der Waals surface area contributed by atoms with Gasteiger partial charge in [-0.05, 0) is 12.5 Å². The fraction of sp³-hybridized carbons (Fsp3) is 0.615. The number of hydrogen-bond acceptors (Lipinski definition) is 4. The van der Waals surface area contributed by atoms with Crippen LogP contribution < -0.4 is 0 Å². The minimum absolute atomic E-state index is 0.183. The molecule has 106 valence electrons. The molecule has 1 unspecified atom stereocenters. The molecule has 6 heteroatoms. The zero-order valence-corrected chi connectivity index (χ0v) is 11.9. The first kappa shape index (κ1) is 15.2. The third-order valence-electron chi connectivity index (χ3n) is 2.86. The summed E-state index contributed by atoms with van der Waals surface area (Å²) in [6.45, 7) is 2.05. The van der Waals surface area contributed by atoms with E-state index in [4.69, 9.17) is 4.74 Å². The summed E-state index contributed by atoms with van der Waals surface area (Å²) in [7, 11) is 4.68. The van der Waals surface area contributed by atoms with Crippen molar-refractivity contribution in [3.8, 4) is 0 Å². The van der Waals surface area contributed by atoms with E-state index in [1.807, 2.05) is 0 Å². The van der Waals surface area contributed by atoms with E-state index in [0.717, 1.165) is 12.8 Å². The summed E-state index contributed by atoms with van der Waals surface area (Å²) in [5.74, 6) is -0.516. The van der Waals surface area contributed by atoms with Crippen LogP contribution in [0.2, 0.25) is 0 Å². The van der Waals surface area contributed by atoms with E-state index >= 15 is 0 Å². The number of unbranched alkanes of at least 4 members (excludes halogenated alkanes) is 1. The first-order valence-electron chi connectivity index (χ1n) is 6.35. The zero-order chi connectivity index (χ0) is 14.4. The lowest BCUT2D eigenvalue weighted by molar-refractivity contribution is -0.145. The first-order chi connectivity index (χ1) is 9.01. The molecule has 19 heavy (non-hydrogen) atoms. The summed E-state index contributed by atoms with van der Waals surface area (Å²) < 4.78 is 6.30. The van der Waals surface area contributed by atoms with Crippen molar-refractivity contribution < 1.29 is 14.3 Å². The Morgan fingerprint density at radius 3 is 2.68 bits per heavy atom. The number of amides is 1. The van der Waals surface area contributed by atoms with Gasteiger partial charge in [0, 0.05) is 20.3 Å². The number of nitrogens with zero attached hydrogens (tertiary/aromatic N) is 3. The molecule has 6 nitrogen and oxygen atoms in total. The van der Waals surface area contributed by atoms with E-state index in [0.29, 0.717) is 12.1 Å². The van der Waals surface area contributed by atoms with Gasteiger partial charge in [0.15, 0.2) is 0 Å². The number of ether oxygens (including phenoxy) is 1. The Morgan fingerprint density at radius 2 is 2.16 bits per heavy atom. The number of carbonyl (C=O) groups is 2. The molecule has 0 fully saturated rings.